The van der Waals surface area contributed by atoms with Gasteiger partial charge in [-0.3, -0.25) is 0 Å². The van der Waals surface area contributed by atoms with Crippen molar-refractivity contribution in [1.82, 2.24) is 4.57 Å². The lowest BCUT2D eigenvalue weighted by Crippen LogP contribution is -2.26. The summed E-state index contributed by atoms with van der Waals surface area (Å²) in [5.74, 6) is 0. The third kappa shape index (κ3) is 4.35. The molecule has 0 saturated heterocycles. The molecule has 2 aliphatic carbocycles. The van der Waals surface area contributed by atoms with E-state index in [9.17, 15) is 0 Å². The van der Waals surface area contributed by atoms with Crippen LogP contribution in [0.3, 0.4) is 0 Å². The van der Waals surface area contributed by atoms with Crippen molar-refractivity contribution in [3.05, 3.63) is 241 Å². The van der Waals surface area contributed by atoms with Gasteiger partial charge in [0.05, 0.1) is 22.1 Å². The Bertz CT molecular complexity index is 3420. The van der Waals surface area contributed by atoms with Crippen LogP contribution in [0.4, 0.5) is 17.1 Å². The predicted octanol–water partition coefficient (Wildman–Crippen LogP) is 14.9. The lowest BCUT2D eigenvalue weighted by Gasteiger charge is -2.32. The molecule has 2 heteroatoms. The Hall–Kier alpha value is -7.68. The maximum absolute atomic E-state index is 2.55. The summed E-state index contributed by atoms with van der Waals surface area (Å²) in [5.41, 5.74) is 17.0. The van der Waals surface area contributed by atoms with Gasteiger partial charge in [0.1, 0.15) is 0 Å². The van der Waals surface area contributed by atoms with Gasteiger partial charge in [0, 0.05) is 33.2 Å². The van der Waals surface area contributed by atoms with Gasteiger partial charge < -0.3 is 9.47 Å². The van der Waals surface area contributed by atoms with Crippen molar-refractivity contribution in [2.24, 2.45) is 0 Å². The van der Waals surface area contributed by atoms with E-state index in [-0.39, 0.29) is 0 Å². The molecule has 59 heavy (non-hydrogen) atoms. The summed E-state index contributed by atoms with van der Waals surface area (Å²) in [7, 11) is 0. The summed E-state index contributed by atoms with van der Waals surface area (Å²) in [6.45, 7) is 0. The third-order valence-electron chi connectivity index (χ3n) is 13.1. The normalized spacial score (nSPS) is 13.2. The summed E-state index contributed by atoms with van der Waals surface area (Å²) < 4.78 is 2.51. The summed E-state index contributed by atoms with van der Waals surface area (Å²) >= 11 is 0. The Kier molecular flexibility index (Phi) is 6.68. The molecule has 0 unspecified atom stereocenters. The topological polar surface area (TPSA) is 8.17 Å². The average molecular weight is 749 g/mol. The zero-order valence-corrected chi connectivity index (χ0v) is 32.2. The highest BCUT2D eigenvalue weighted by molar-refractivity contribution is 6.14. The maximum Gasteiger partial charge on any atom is 0.0727 e. The zero-order valence-electron chi connectivity index (χ0n) is 32.2. The lowest BCUT2D eigenvalue weighted by atomic mass is 9.70. The van der Waals surface area contributed by atoms with E-state index in [1.165, 1.54) is 93.5 Å². The Morgan fingerprint density at radius 2 is 0.864 bits per heavy atom. The van der Waals surface area contributed by atoms with E-state index in [0.717, 1.165) is 17.1 Å². The molecule has 0 N–H and O–H groups in total. The van der Waals surface area contributed by atoms with Crippen molar-refractivity contribution < 1.29 is 0 Å². The second-order valence-electron chi connectivity index (χ2n) is 16.0. The Morgan fingerprint density at radius 1 is 0.322 bits per heavy atom. The van der Waals surface area contributed by atoms with E-state index in [1.807, 2.05) is 0 Å². The number of hydrogen-bond acceptors (Lipinski definition) is 1. The largest absolute Gasteiger partial charge is 0.310 e. The molecule has 0 aliphatic heterocycles. The molecule has 0 atom stereocenters. The minimum Gasteiger partial charge on any atom is -0.310 e. The van der Waals surface area contributed by atoms with Crippen LogP contribution in [-0.4, -0.2) is 4.57 Å². The minimum atomic E-state index is -0.558. The first-order chi connectivity index (χ1) is 29.3. The highest BCUT2D eigenvalue weighted by Crippen LogP contribution is 2.65. The van der Waals surface area contributed by atoms with Crippen LogP contribution in [0.2, 0.25) is 0 Å². The van der Waals surface area contributed by atoms with Crippen LogP contribution in [0.15, 0.2) is 218 Å². The van der Waals surface area contributed by atoms with E-state index < -0.39 is 5.41 Å². The molecule has 11 aromatic rings. The monoisotopic (exact) mass is 748 g/mol. The van der Waals surface area contributed by atoms with Crippen molar-refractivity contribution in [1.29, 1.82) is 0 Å². The first-order valence-electron chi connectivity index (χ1n) is 20.5. The van der Waals surface area contributed by atoms with Crippen LogP contribution in [0.5, 0.6) is 0 Å². The van der Waals surface area contributed by atoms with Crippen LogP contribution in [0.25, 0.3) is 71.3 Å². The van der Waals surface area contributed by atoms with Crippen LogP contribution < -0.4 is 4.90 Å². The number of anilines is 3. The highest BCUT2D eigenvalue weighted by Gasteiger charge is 2.52. The Morgan fingerprint density at radius 3 is 1.58 bits per heavy atom. The second-order valence-corrected chi connectivity index (χ2v) is 16.0. The van der Waals surface area contributed by atoms with Gasteiger partial charge in [-0.2, -0.15) is 0 Å². The summed E-state index contributed by atoms with van der Waals surface area (Å²) in [5, 5.41) is 7.50. The fourth-order valence-corrected chi connectivity index (χ4v) is 10.8. The first kappa shape index (κ1) is 32.4. The van der Waals surface area contributed by atoms with Gasteiger partial charge >= 0.3 is 0 Å². The van der Waals surface area contributed by atoms with E-state index >= 15 is 0 Å². The quantitative estimate of drug-likeness (QED) is 0.174. The fraction of sp³-hybridized carbons (Fsp3) is 0.0175. The Balaban J connectivity index is 1.16. The van der Waals surface area contributed by atoms with Crippen molar-refractivity contribution in [2.45, 2.75) is 5.41 Å². The van der Waals surface area contributed by atoms with Crippen molar-refractivity contribution in [3.8, 4) is 27.9 Å². The number of nitrogens with zero attached hydrogens (tertiary/aromatic N) is 2. The lowest BCUT2D eigenvalue weighted by molar-refractivity contribution is 0.793. The molecule has 1 aromatic heterocycles. The number of hydrogen-bond donors (Lipinski definition) is 0. The molecular formula is C57H36N2. The molecule has 2 aliphatic rings. The van der Waals surface area contributed by atoms with E-state index in [2.05, 4.69) is 228 Å². The molecule has 10 aromatic carbocycles. The molecule has 0 saturated carbocycles. The average Bonchev–Trinajstić information content (AvgIpc) is 3.91. The van der Waals surface area contributed by atoms with Gasteiger partial charge in [-0.25, -0.2) is 0 Å². The van der Waals surface area contributed by atoms with E-state index in [4.69, 9.17) is 0 Å². The van der Waals surface area contributed by atoms with Gasteiger partial charge in [0.15, 0.2) is 0 Å². The number of benzene rings is 10. The summed E-state index contributed by atoms with van der Waals surface area (Å²) in [4.78, 5) is 2.43. The molecule has 0 fully saturated rings. The molecule has 2 nitrogen and oxygen atoms in total. The van der Waals surface area contributed by atoms with E-state index in [0.29, 0.717) is 0 Å². The zero-order chi connectivity index (χ0) is 38.7. The molecule has 0 radical (unpaired) electrons. The van der Waals surface area contributed by atoms with Crippen LogP contribution >= 0.6 is 0 Å². The SMILES string of the molecule is c1ccc(N(c2ccc3c(c2)C2(c4ccccc4-c4ccccc42)c2cc(-n4c5ccccc5c5ccccc54)c4ccccc4c2-3)c2ccc3ccccc3c2)cc1. The van der Waals surface area contributed by atoms with Crippen molar-refractivity contribution in [2.75, 3.05) is 4.90 Å². The maximum atomic E-state index is 2.55. The van der Waals surface area contributed by atoms with Crippen molar-refractivity contribution in [3.63, 3.8) is 0 Å². The number of fused-ring (bicyclic) bond motifs is 16. The Labute approximate surface area is 342 Å². The summed E-state index contributed by atoms with van der Waals surface area (Å²) in [6, 6.07) is 81.2. The van der Waals surface area contributed by atoms with Gasteiger partial charge in [0.25, 0.3) is 0 Å². The van der Waals surface area contributed by atoms with E-state index in [1.54, 1.807) is 0 Å². The molecule has 0 bridgehead atoms. The van der Waals surface area contributed by atoms with Crippen LogP contribution in [-0.2, 0) is 5.41 Å². The van der Waals surface area contributed by atoms with Gasteiger partial charge in [-0.15, -0.1) is 0 Å². The molecule has 1 heterocycles. The first-order valence-corrected chi connectivity index (χ1v) is 20.5. The van der Waals surface area contributed by atoms with Gasteiger partial charge in [-0.1, -0.05) is 164 Å². The number of rotatable bonds is 4. The fourth-order valence-electron chi connectivity index (χ4n) is 10.8. The predicted molar refractivity (Wildman–Crippen MR) is 247 cm³/mol. The molecule has 0 amide bonds. The van der Waals surface area contributed by atoms with Crippen molar-refractivity contribution >= 4 is 60.4 Å². The molecular weight excluding hydrogens is 713 g/mol. The third-order valence-corrected chi connectivity index (χ3v) is 13.1. The number of para-hydroxylation sites is 3. The molecule has 274 valence electrons. The smallest absolute Gasteiger partial charge is 0.0727 e. The van der Waals surface area contributed by atoms with Crippen LogP contribution in [0, 0.1) is 0 Å². The molecule has 13 rings (SSSR count). The highest BCUT2D eigenvalue weighted by atomic mass is 15.1. The van der Waals surface area contributed by atoms with Gasteiger partial charge in [-0.05, 0) is 115 Å². The molecule has 1 spiro atoms. The minimum absolute atomic E-state index is 0.558. The summed E-state index contributed by atoms with van der Waals surface area (Å²) in [6.07, 6.45) is 0. The van der Waals surface area contributed by atoms with Gasteiger partial charge in [0.2, 0.25) is 0 Å². The second kappa shape index (κ2) is 12.2. The van der Waals surface area contributed by atoms with Crippen LogP contribution in [0.1, 0.15) is 22.3 Å². The standard InChI is InChI=1S/C57H36N2/c1-2-18-39(19-3-1)58(40-31-30-37-16-4-5-17-38(37)34-40)41-32-33-48-51(35-41)57(49-26-12-8-20-42(49)43-21-9-13-27-50(43)57)52-36-55(46-24-6-7-25-47(46)56(48)52)59-53-28-14-10-22-44(53)45-23-11-15-29-54(45)59/h1-36H. The number of aromatic nitrogens is 1.